The van der Waals surface area contributed by atoms with Crippen molar-refractivity contribution in [1.29, 1.82) is 0 Å². The summed E-state index contributed by atoms with van der Waals surface area (Å²) in [4.78, 5) is 10.8. The Bertz CT molecular complexity index is 671. The molecule has 22 heavy (non-hydrogen) atoms. The number of halogens is 2. The lowest BCUT2D eigenvalue weighted by molar-refractivity contribution is -0.142. The first-order valence-corrected chi connectivity index (χ1v) is 6.86. The molecule has 3 nitrogen and oxygen atoms in total. The Morgan fingerprint density at radius 1 is 1.14 bits per heavy atom. The van der Waals surface area contributed by atoms with Crippen LogP contribution in [0.4, 0.5) is 8.78 Å². The van der Waals surface area contributed by atoms with Crippen LogP contribution < -0.4 is 0 Å². The van der Waals surface area contributed by atoms with Crippen molar-refractivity contribution in [3.63, 3.8) is 0 Å². The van der Waals surface area contributed by atoms with Gasteiger partial charge in [-0.05, 0) is 24.1 Å². The molecule has 0 aliphatic carbocycles. The smallest absolute Gasteiger partial charge is 0.306 e. The zero-order valence-corrected chi connectivity index (χ0v) is 12.0. The highest BCUT2D eigenvalue weighted by atomic mass is 19.1. The van der Waals surface area contributed by atoms with Gasteiger partial charge in [-0.15, -0.1) is 0 Å². The molecule has 0 bridgehead atoms. The average Bonchev–Trinajstić information content (AvgIpc) is 2.48. The van der Waals surface area contributed by atoms with Crippen LogP contribution in [-0.4, -0.2) is 16.2 Å². The van der Waals surface area contributed by atoms with Crippen molar-refractivity contribution >= 4 is 5.97 Å². The van der Waals surface area contributed by atoms with Gasteiger partial charge >= 0.3 is 5.97 Å². The van der Waals surface area contributed by atoms with Crippen molar-refractivity contribution in [1.82, 2.24) is 0 Å². The van der Waals surface area contributed by atoms with Crippen LogP contribution >= 0.6 is 0 Å². The summed E-state index contributed by atoms with van der Waals surface area (Å²) in [5.74, 6) is -3.79. The first-order valence-electron chi connectivity index (χ1n) is 6.86. The number of benzene rings is 2. The number of aliphatic hydroxyl groups excluding tert-OH is 1. The fourth-order valence-electron chi connectivity index (χ4n) is 2.27. The summed E-state index contributed by atoms with van der Waals surface area (Å²) in [6.07, 6.45) is -1.78. The summed E-state index contributed by atoms with van der Waals surface area (Å²) in [6, 6.07) is 10.9. The second-order valence-electron chi connectivity index (χ2n) is 5.18. The number of carboxylic acids is 1. The minimum absolute atomic E-state index is 0.166. The SMILES string of the molecule is CC(CC(O)c1c(F)ccc(-c2ccccc2)c1F)C(=O)O. The van der Waals surface area contributed by atoms with Crippen molar-refractivity contribution in [3.8, 4) is 11.1 Å². The summed E-state index contributed by atoms with van der Waals surface area (Å²) in [5.41, 5.74) is 0.230. The lowest BCUT2D eigenvalue weighted by Crippen LogP contribution is -2.15. The molecular formula is C17H16F2O3. The molecule has 0 saturated heterocycles. The molecule has 0 saturated carbocycles. The van der Waals surface area contributed by atoms with Crippen LogP contribution in [0.15, 0.2) is 42.5 Å². The molecule has 0 aliphatic heterocycles. The van der Waals surface area contributed by atoms with Gasteiger partial charge in [0.25, 0.3) is 0 Å². The van der Waals surface area contributed by atoms with Crippen molar-refractivity contribution in [3.05, 3.63) is 59.7 Å². The molecule has 2 atom stereocenters. The largest absolute Gasteiger partial charge is 0.481 e. The van der Waals surface area contributed by atoms with E-state index in [4.69, 9.17) is 5.11 Å². The summed E-state index contributed by atoms with van der Waals surface area (Å²) >= 11 is 0. The highest BCUT2D eigenvalue weighted by Gasteiger charge is 2.25. The van der Waals surface area contributed by atoms with Gasteiger partial charge in [0.05, 0.1) is 17.6 Å². The summed E-state index contributed by atoms with van der Waals surface area (Å²) in [6.45, 7) is 1.38. The van der Waals surface area contributed by atoms with Crippen LogP contribution in [0.5, 0.6) is 0 Å². The molecule has 0 radical (unpaired) electrons. The third-order valence-corrected chi connectivity index (χ3v) is 3.54. The molecule has 0 aliphatic rings. The Labute approximate surface area is 126 Å². The lowest BCUT2D eigenvalue weighted by Gasteiger charge is -2.17. The summed E-state index contributed by atoms with van der Waals surface area (Å²) in [5, 5.41) is 18.9. The number of carboxylic acid groups (broad SMARTS) is 1. The zero-order chi connectivity index (χ0) is 16.3. The van der Waals surface area contributed by atoms with Crippen LogP contribution in [0, 0.1) is 17.6 Å². The van der Waals surface area contributed by atoms with E-state index in [9.17, 15) is 18.7 Å². The predicted molar refractivity (Wildman–Crippen MR) is 78.2 cm³/mol. The fraction of sp³-hybridized carbons (Fsp3) is 0.235. The van der Waals surface area contributed by atoms with Crippen molar-refractivity contribution in [2.75, 3.05) is 0 Å². The van der Waals surface area contributed by atoms with Gasteiger partial charge in [-0.2, -0.15) is 0 Å². The Morgan fingerprint density at radius 3 is 2.36 bits per heavy atom. The number of aliphatic hydroxyl groups is 1. The van der Waals surface area contributed by atoms with Gasteiger partial charge in [-0.1, -0.05) is 37.3 Å². The van der Waals surface area contributed by atoms with E-state index < -0.39 is 35.2 Å². The molecule has 2 unspecified atom stereocenters. The Hall–Kier alpha value is -2.27. The van der Waals surface area contributed by atoms with Crippen molar-refractivity contribution in [2.45, 2.75) is 19.4 Å². The minimum Gasteiger partial charge on any atom is -0.481 e. The van der Waals surface area contributed by atoms with E-state index in [1.165, 1.54) is 13.0 Å². The Morgan fingerprint density at radius 2 is 1.77 bits per heavy atom. The topological polar surface area (TPSA) is 57.5 Å². The van der Waals surface area contributed by atoms with Gasteiger partial charge in [-0.25, -0.2) is 8.78 Å². The van der Waals surface area contributed by atoms with Crippen molar-refractivity contribution in [2.24, 2.45) is 5.92 Å². The molecule has 0 heterocycles. The van der Waals surface area contributed by atoms with Gasteiger partial charge in [0, 0.05) is 5.56 Å². The predicted octanol–water partition coefficient (Wildman–Crippen LogP) is 3.78. The number of hydrogen-bond donors (Lipinski definition) is 2. The maximum atomic E-state index is 14.6. The molecule has 0 aromatic heterocycles. The van der Waals surface area contributed by atoms with Gasteiger partial charge in [-0.3, -0.25) is 4.79 Å². The van der Waals surface area contributed by atoms with Gasteiger partial charge in [0.1, 0.15) is 11.6 Å². The van der Waals surface area contributed by atoms with E-state index in [0.717, 1.165) is 6.07 Å². The standard InChI is InChI=1S/C17H16F2O3/c1-10(17(21)22)9-14(20)15-13(18)8-7-12(16(15)19)11-5-3-2-4-6-11/h2-8,10,14,20H,9H2,1H3,(H,21,22). The van der Waals surface area contributed by atoms with Crippen LogP contribution in [-0.2, 0) is 4.79 Å². The third kappa shape index (κ3) is 3.31. The maximum absolute atomic E-state index is 14.6. The molecule has 2 rings (SSSR count). The fourth-order valence-corrected chi connectivity index (χ4v) is 2.27. The lowest BCUT2D eigenvalue weighted by atomic mass is 9.94. The highest BCUT2D eigenvalue weighted by Crippen LogP contribution is 2.32. The molecular weight excluding hydrogens is 290 g/mol. The second kappa shape index (κ2) is 6.66. The monoisotopic (exact) mass is 306 g/mol. The normalized spacial score (nSPS) is 13.6. The van der Waals surface area contributed by atoms with Crippen LogP contribution in [0.2, 0.25) is 0 Å². The summed E-state index contributed by atoms with van der Waals surface area (Å²) in [7, 11) is 0. The summed E-state index contributed by atoms with van der Waals surface area (Å²) < 4.78 is 28.5. The first kappa shape index (κ1) is 16.1. The number of aliphatic carboxylic acids is 1. The molecule has 0 amide bonds. The van der Waals surface area contributed by atoms with E-state index in [-0.39, 0.29) is 12.0 Å². The zero-order valence-electron chi connectivity index (χ0n) is 12.0. The van der Waals surface area contributed by atoms with E-state index >= 15 is 0 Å². The van der Waals surface area contributed by atoms with Gasteiger partial charge in [0.2, 0.25) is 0 Å². The number of rotatable bonds is 5. The van der Waals surface area contributed by atoms with Crippen LogP contribution in [0.3, 0.4) is 0 Å². The second-order valence-corrected chi connectivity index (χ2v) is 5.18. The van der Waals surface area contributed by atoms with Gasteiger partial charge < -0.3 is 10.2 Å². The Balaban J connectivity index is 2.42. The van der Waals surface area contributed by atoms with E-state index in [1.807, 2.05) is 0 Å². The third-order valence-electron chi connectivity index (χ3n) is 3.54. The molecule has 0 spiro atoms. The van der Waals surface area contributed by atoms with E-state index in [0.29, 0.717) is 5.56 Å². The quantitative estimate of drug-likeness (QED) is 0.884. The first-order chi connectivity index (χ1) is 10.4. The molecule has 116 valence electrons. The molecule has 5 heteroatoms. The van der Waals surface area contributed by atoms with Crippen molar-refractivity contribution < 1.29 is 23.8 Å². The number of hydrogen-bond acceptors (Lipinski definition) is 2. The molecule has 0 fully saturated rings. The van der Waals surface area contributed by atoms with Crippen LogP contribution in [0.1, 0.15) is 25.0 Å². The highest BCUT2D eigenvalue weighted by molar-refractivity contribution is 5.69. The van der Waals surface area contributed by atoms with Crippen LogP contribution in [0.25, 0.3) is 11.1 Å². The molecule has 2 aromatic carbocycles. The number of carbonyl (C=O) groups is 1. The van der Waals surface area contributed by atoms with Gasteiger partial charge in [0.15, 0.2) is 0 Å². The van der Waals surface area contributed by atoms with E-state index in [2.05, 4.69) is 0 Å². The minimum atomic E-state index is -1.52. The molecule has 2 aromatic rings. The maximum Gasteiger partial charge on any atom is 0.306 e. The molecule has 2 N–H and O–H groups in total. The average molecular weight is 306 g/mol. The Kier molecular flexibility index (Phi) is 4.88. The van der Waals surface area contributed by atoms with E-state index in [1.54, 1.807) is 30.3 Å².